The van der Waals surface area contributed by atoms with Gasteiger partial charge in [0.15, 0.2) is 0 Å². The number of rotatable bonds is 3. The molecule has 27 heavy (non-hydrogen) atoms. The summed E-state index contributed by atoms with van der Waals surface area (Å²) in [6.45, 7) is 0. The molecule has 1 saturated heterocycles. The first kappa shape index (κ1) is 16.8. The highest BCUT2D eigenvalue weighted by Crippen LogP contribution is 2.24. The Morgan fingerprint density at radius 1 is 0.889 bits per heavy atom. The lowest BCUT2D eigenvalue weighted by atomic mass is 10.1. The van der Waals surface area contributed by atoms with Crippen molar-refractivity contribution in [3.05, 3.63) is 72.3 Å². The molecule has 3 aromatic rings. The SMILES string of the molecule is O=C1CCC(=O)N(c2ccc(C(=O)Nc3cccc4ccccc34)cc2)N1. The molecule has 0 radical (unpaired) electrons. The van der Waals surface area contributed by atoms with Crippen LogP contribution in [-0.4, -0.2) is 17.7 Å². The van der Waals surface area contributed by atoms with E-state index in [1.54, 1.807) is 24.3 Å². The number of hydrogen-bond acceptors (Lipinski definition) is 3. The Morgan fingerprint density at radius 2 is 1.63 bits per heavy atom. The average molecular weight is 359 g/mol. The molecule has 0 aromatic heterocycles. The Bertz CT molecular complexity index is 1040. The Balaban J connectivity index is 1.54. The van der Waals surface area contributed by atoms with Crippen LogP contribution in [0.1, 0.15) is 23.2 Å². The molecule has 6 heteroatoms. The van der Waals surface area contributed by atoms with Gasteiger partial charge in [-0.3, -0.25) is 19.8 Å². The van der Waals surface area contributed by atoms with E-state index in [9.17, 15) is 14.4 Å². The van der Waals surface area contributed by atoms with Crippen molar-refractivity contribution in [2.45, 2.75) is 12.8 Å². The zero-order chi connectivity index (χ0) is 18.8. The lowest BCUT2D eigenvalue weighted by Crippen LogP contribution is -2.50. The molecular formula is C21H17N3O3. The maximum Gasteiger partial charge on any atom is 0.255 e. The molecule has 2 N–H and O–H groups in total. The summed E-state index contributed by atoms with van der Waals surface area (Å²) in [5.74, 6) is -0.623. The first-order chi connectivity index (χ1) is 13.1. The van der Waals surface area contributed by atoms with Crippen LogP contribution < -0.4 is 15.8 Å². The summed E-state index contributed by atoms with van der Waals surface area (Å²) in [5.41, 5.74) is 4.26. The van der Waals surface area contributed by atoms with Crippen molar-refractivity contribution in [2.24, 2.45) is 0 Å². The van der Waals surface area contributed by atoms with Crippen molar-refractivity contribution < 1.29 is 14.4 Å². The molecule has 1 aliphatic heterocycles. The molecule has 1 heterocycles. The molecule has 0 bridgehead atoms. The van der Waals surface area contributed by atoms with Crippen LogP contribution >= 0.6 is 0 Å². The van der Waals surface area contributed by atoms with Crippen molar-refractivity contribution in [2.75, 3.05) is 10.3 Å². The molecule has 0 unspecified atom stereocenters. The van der Waals surface area contributed by atoms with Gasteiger partial charge in [0.2, 0.25) is 11.8 Å². The summed E-state index contributed by atoms with van der Waals surface area (Å²) < 4.78 is 0. The molecule has 6 nitrogen and oxygen atoms in total. The van der Waals surface area contributed by atoms with Crippen LogP contribution in [-0.2, 0) is 9.59 Å². The summed E-state index contributed by atoms with van der Waals surface area (Å²) >= 11 is 0. The number of benzene rings is 3. The van der Waals surface area contributed by atoms with Gasteiger partial charge in [0.1, 0.15) is 0 Å². The van der Waals surface area contributed by atoms with Gasteiger partial charge in [0.25, 0.3) is 5.91 Å². The van der Waals surface area contributed by atoms with E-state index in [0.717, 1.165) is 16.5 Å². The molecule has 3 amide bonds. The van der Waals surface area contributed by atoms with Gasteiger partial charge in [-0.15, -0.1) is 0 Å². The van der Waals surface area contributed by atoms with Crippen molar-refractivity contribution in [3.63, 3.8) is 0 Å². The Morgan fingerprint density at radius 3 is 2.44 bits per heavy atom. The average Bonchev–Trinajstić information content (AvgIpc) is 2.70. The maximum absolute atomic E-state index is 12.6. The molecule has 3 aromatic carbocycles. The molecule has 0 aliphatic carbocycles. The lowest BCUT2D eigenvalue weighted by Gasteiger charge is -2.27. The van der Waals surface area contributed by atoms with E-state index in [1.165, 1.54) is 5.01 Å². The van der Waals surface area contributed by atoms with E-state index >= 15 is 0 Å². The fourth-order valence-corrected chi connectivity index (χ4v) is 3.07. The monoisotopic (exact) mass is 359 g/mol. The predicted molar refractivity (Wildman–Crippen MR) is 103 cm³/mol. The highest BCUT2D eigenvalue weighted by molar-refractivity contribution is 6.09. The third kappa shape index (κ3) is 3.37. The molecule has 0 saturated carbocycles. The smallest absolute Gasteiger partial charge is 0.255 e. The molecule has 1 fully saturated rings. The second kappa shape index (κ2) is 6.92. The van der Waals surface area contributed by atoms with Crippen LogP contribution in [0.3, 0.4) is 0 Å². The number of carbonyl (C=O) groups excluding carboxylic acids is 3. The first-order valence-corrected chi connectivity index (χ1v) is 8.63. The van der Waals surface area contributed by atoms with E-state index in [4.69, 9.17) is 0 Å². The number of fused-ring (bicyclic) bond motifs is 1. The van der Waals surface area contributed by atoms with E-state index in [0.29, 0.717) is 11.3 Å². The number of nitrogens with one attached hydrogen (secondary N) is 2. The summed E-state index contributed by atoms with van der Waals surface area (Å²) in [5, 5.41) is 6.16. The normalized spacial score (nSPS) is 14.1. The number of amides is 3. The fourth-order valence-electron chi connectivity index (χ4n) is 3.07. The fraction of sp³-hybridized carbons (Fsp3) is 0.0952. The van der Waals surface area contributed by atoms with E-state index in [1.807, 2.05) is 42.5 Å². The molecular weight excluding hydrogens is 342 g/mol. The molecule has 0 spiro atoms. The van der Waals surface area contributed by atoms with Crippen LogP contribution in [0.15, 0.2) is 66.7 Å². The maximum atomic E-state index is 12.6. The number of hydrazine groups is 1. The molecule has 4 rings (SSSR count). The topological polar surface area (TPSA) is 78.5 Å². The summed E-state index contributed by atoms with van der Waals surface area (Å²) in [6, 6.07) is 20.1. The first-order valence-electron chi connectivity index (χ1n) is 8.63. The number of carbonyl (C=O) groups is 3. The van der Waals surface area contributed by atoms with Crippen molar-refractivity contribution in [1.82, 2.24) is 5.43 Å². The van der Waals surface area contributed by atoms with Crippen LogP contribution in [0.4, 0.5) is 11.4 Å². The van der Waals surface area contributed by atoms with Gasteiger partial charge in [-0.1, -0.05) is 36.4 Å². The summed E-state index contributed by atoms with van der Waals surface area (Å²) in [4.78, 5) is 36.1. The minimum absolute atomic E-state index is 0.176. The number of anilines is 2. The van der Waals surface area contributed by atoms with Gasteiger partial charge in [-0.25, -0.2) is 5.01 Å². The summed E-state index contributed by atoms with van der Waals surface area (Å²) in [7, 11) is 0. The standard InChI is InChI=1S/C21H17N3O3/c25-19-12-13-20(26)24(23-19)16-10-8-15(9-11-16)21(27)22-18-7-3-5-14-4-1-2-6-17(14)18/h1-11H,12-13H2,(H,22,27)(H,23,25). The summed E-state index contributed by atoms with van der Waals surface area (Å²) in [6.07, 6.45) is 0.371. The van der Waals surface area contributed by atoms with Crippen LogP contribution in [0.25, 0.3) is 10.8 Å². The third-order valence-electron chi connectivity index (χ3n) is 4.48. The highest BCUT2D eigenvalue weighted by atomic mass is 16.2. The minimum Gasteiger partial charge on any atom is -0.321 e. The van der Waals surface area contributed by atoms with Gasteiger partial charge in [0.05, 0.1) is 5.69 Å². The van der Waals surface area contributed by atoms with E-state index < -0.39 is 0 Å². The Kier molecular flexibility index (Phi) is 4.30. The van der Waals surface area contributed by atoms with Crippen LogP contribution in [0.2, 0.25) is 0 Å². The molecule has 1 aliphatic rings. The van der Waals surface area contributed by atoms with Crippen molar-refractivity contribution >= 4 is 39.9 Å². The Labute approximate surface area is 155 Å². The van der Waals surface area contributed by atoms with Crippen LogP contribution in [0.5, 0.6) is 0 Å². The zero-order valence-electron chi connectivity index (χ0n) is 14.4. The third-order valence-corrected chi connectivity index (χ3v) is 4.48. The number of hydrogen-bond donors (Lipinski definition) is 2. The van der Waals surface area contributed by atoms with Crippen molar-refractivity contribution in [3.8, 4) is 0 Å². The predicted octanol–water partition coefficient (Wildman–Crippen LogP) is 3.25. The number of nitrogens with zero attached hydrogens (tertiary/aromatic N) is 1. The van der Waals surface area contributed by atoms with Crippen molar-refractivity contribution in [1.29, 1.82) is 0 Å². The van der Waals surface area contributed by atoms with Gasteiger partial charge < -0.3 is 5.32 Å². The van der Waals surface area contributed by atoms with E-state index in [-0.39, 0.29) is 30.6 Å². The van der Waals surface area contributed by atoms with E-state index in [2.05, 4.69) is 10.7 Å². The van der Waals surface area contributed by atoms with Crippen LogP contribution in [0, 0.1) is 0 Å². The zero-order valence-corrected chi connectivity index (χ0v) is 14.4. The van der Waals surface area contributed by atoms with Gasteiger partial charge in [-0.2, -0.15) is 0 Å². The highest BCUT2D eigenvalue weighted by Gasteiger charge is 2.24. The molecule has 134 valence electrons. The lowest BCUT2D eigenvalue weighted by molar-refractivity contribution is -0.130. The van der Waals surface area contributed by atoms with Gasteiger partial charge in [-0.05, 0) is 35.7 Å². The quantitative estimate of drug-likeness (QED) is 0.753. The van der Waals surface area contributed by atoms with Gasteiger partial charge in [0, 0.05) is 29.5 Å². The van der Waals surface area contributed by atoms with Gasteiger partial charge >= 0.3 is 0 Å². The second-order valence-electron chi connectivity index (χ2n) is 6.29. The Hall–Kier alpha value is -3.67. The minimum atomic E-state index is -0.244. The molecule has 0 atom stereocenters. The second-order valence-corrected chi connectivity index (χ2v) is 6.29. The largest absolute Gasteiger partial charge is 0.321 e.